The van der Waals surface area contributed by atoms with Crippen LogP contribution in [-0.4, -0.2) is 273 Å². The van der Waals surface area contributed by atoms with Crippen LogP contribution in [0.4, 0.5) is 0 Å². The summed E-state index contributed by atoms with van der Waals surface area (Å²) in [5.41, 5.74) is -1.96. The van der Waals surface area contributed by atoms with Crippen LogP contribution in [0.5, 0.6) is 0 Å². The van der Waals surface area contributed by atoms with Crippen molar-refractivity contribution in [2.75, 3.05) is 60.5 Å². The van der Waals surface area contributed by atoms with Gasteiger partial charge in [-0.15, -0.1) is 0 Å². The average molecular weight is 1820 g/mol. The fourth-order valence-electron chi connectivity index (χ4n) is 20.2. The van der Waals surface area contributed by atoms with E-state index >= 15 is 0 Å². The minimum atomic E-state index is -4.17. The quantitative estimate of drug-likeness (QED) is 0.0192. The summed E-state index contributed by atoms with van der Waals surface area (Å²) in [7, 11) is -17.6. The lowest BCUT2D eigenvalue weighted by atomic mass is 9.76. The third kappa shape index (κ3) is 16.6. The zero-order valence-corrected chi connectivity index (χ0v) is 68.7. The third-order valence-electron chi connectivity index (χ3n) is 24.7. The summed E-state index contributed by atoms with van der Waals surface area (Å²) in [6, 6.07) is 3.87. The summed E-state index contributed by atoms with van der Waals surface area (Å²) in [6.07, 6.45) is -1.94. The number of fused-ring (bicyclic) bond motifs is 5. The maximum atomic E-state index is 12.6. The lowest BCUT2D eigenvalue weighted by Gasteiger charge is -2.37. The molecule has 15 fully saturated rings. The normalized spacial score (nSPS) is 37.8. The van der Waals surface area contributed by atoms with E-state index in [1.165, 1.54) is 14.0 Å². The number of hydrogen-bond acceptors (Lipinski definition) is 45. The van der Waals surface area contributed by atoms with Gasteiger partial charge in [0.1, 0.15) is 78.1 Å². The van der Waals surface area contributed by atoms with Gasteiger partial charge in [0.2, 0.25) is 0 Å². The highest BCUT2D eigenvalue weighted by Gasteiger charge is 2.81. The molecular weight excluding hydrogens is 1740 g/mol. The van der Waals surface area contributed by atoms with Crippen molar-refractivity contribution in [3.05, 3.63) is 63.3 Å². The fourth-order valence-corrected chi connectivity index (χ4v) is 30.3. The van der Waals surface area contributed by atoms with Gasteiger partial charge in [-0.3, -0.25) is 40.1 Å². The molecule has 666 valence electrons. The van der Waals surface area contributed by atoms with Gasteiger partial charge < -0.3 is 66.3 Å². The molecule has 15 rings (SSSR count). The van der Waals surface area contributed by atoms with Gasteiger partial charge in [0.05, 0.1) is 50.1 Å². The van der Waals surface area contributed by atoms with Gasteiger partial charge in [-0.25, -0.2) is 47.9 Å². The molecule has 10 aliphatic carbocycles. The molecule has 0 spiro atoms. The second kappa shape index (κ2) is 35.2. The summed E-state index contributed by atoms with van der Waals surface area (Å²) >= 11 is 0. The number of nitriles is 2. The Morgan fingerprint density at radius 2 is 0.926 bits per heavy atom. The summed E-state index contributed by atoms with van der Waals surface area (Å²) < 4.78 is 213. The molecule has 27 unspecified atom stereocenters. The molecule has 0 aromatic carbocycles. The number of carbonyl (C=O) groups excluding carboxylic acids is 14. The number of ether oxygens (including phenoxy) is 14. The van der Waals surface area contributed by atoms with Gasteiger partial charge in [-0.2, -0.15) is 52.6 Å². The van der Waals surface area contributed by atoms with E-state index in [1.807, 2.05) is 12.1 Å². The van der Waals surface area contributed by atoms with Crippen molar-refractivity contribution < 1.29 is 196 Å². The summed E-state index contributed by atoms with van der Waals surface area (Å²) in [4.78, 5) is 160. The van der Waals surface area contributed by atoms with Crippen LogP contribution in [-0.2, 0) is 205 Å². The van der Waals surface area contributed by atoms with Gasteiger partial charge in [-0.05, 0) is 57.8 Å². The molecule has 0 amide bonds. The topological polar surface area (TPSA) is 633 Å². The SMILES string of the molecule is C=CC(=O)OCC(=O)OC1C2CC3C1OS(=O)(=O)C3(C#N)C2.C=CC(=O)OCC(=O)OC1C2CC3C1OS(=O)(=O)C3(C(=O)OC)C2.C=CC(=O)OCC(=O)OC1C2CC3C1OS(=O)(=O)C3C2C#N.C=CC(=O)OCC(=O)OC1C2CC3C1OS(=O)(=O)C3C2C(=O)OC.C=CC(=O)OCC(=O)OC1C2OS(=O)(=O)C3CC1(COC(C)=O)CC23CCOC=O. The van der Waals surface area contributed by atoms with Crippen molar-refractivity contribution in [2.45, 2.75) is 151 Å². The molecule has 10 bridgehead atoms. The monoisotopic (exact) mass is 1820 g/mol. The van der Waals surface area contributed by atoms with Crippen molar-refractivity contribution in [2.24, 2.45) is 70.0 Å². The Hall–Kier alpha value is -10.2. The van der Waals surface area contributed by atoms with Crippen LogP contribution in [0.1, 0.15) is 64.7 Å². The minimum absolute atomic E-state index is 0.0203. The predicted molar refractivity (Wildman–Crippen MR) is 386 cm³/mol. The molecule has 0 radical (unpaired) electrons. The average Bonchev–Trinajstić information content (AvgIpc) is 1.50. The molecule has 0 N–H and O–H groups in total. The molecule has 10 saturated carbocycles. The number of esters is 13. The van der Waals surface area contributed by atoms with Crippen LogP contribution in [0.15, 0.2) is 63.3 Å². The van der Waals surface area contributed by atoms with Crippen LogP contribution in [0.2, 0.25) is 0 Å². The van der Waals surface area contributed by atoms with Gasteiger partial charge in [0.25, 0.3) is 57.1 Å². The van der Waals surface area contributed by atoms with E-state index in [4.69, 9.17) is 58.8 Å². The lowest BCUT2D eigenvalue weighted by molar-refractivity contribution is -0.175. The number of hydrogen-bond donors (Lipinski definition) is 0. The maximum absolute atomic E-state index is 12.6. The van der Waals surface area contributed by atoms with E-state index in [0.717, 1.165) is 37.5 Å². The fraction of sp³-hybridized carbons (Fsp3) is 0.639. The molecular formula is C72H80N2O43S5. The van der Waals surface area contributed by atoms with Crippen LogP contribution < -0.4 is 0 Å². The summed E-state index contributed by atoms with van der Waals surface area (Å²) in [6.45, 7) is 14.1. The van der Waals surface area contributed by atoms with E-state index in [9.17, 15) is 120 Å². The predicted octanol–water partition coefficient (Wildman–Crippen LogP) is -2.73. The van der Waals surface area contributed by atoms with Gasteiger partial charge in [0.15, 0.2) is 42.5 Å². The Morgan fingerprint density at radius 1 is 0.484 bits per heavy atom. The first-order chi connectivity index (χ1) is 57.4. The zero-order valence-electron chi connectivity index (χ0n) is 64.6. The standard InChI is InChI=1S/C18H22O11S.2C14H16O9S.2C13H13NO7S/c1-3-13(21)26-7-14(22)28-15-16-18(4-5-25-10-19)8-17(15,9-27-11(2)20)6-12(18)30(23,24)29-16;1-3-9(15)21-6-10(16)22-11-7-4-8-12(11)23-24(18,19)14(8,5-7)13(17)20-2;1-3-8(15)21-5-9(16)22-11-6-4-7-12(11)23-24(18,19)13(7)10(6)14(17)20-2;1-2-9(15)19-5-10(16)20-11-7-3-8-12(11)21-22(17,18)13(8,4-7)6-14;1-2-9(15)19-5-10(16)20-11-6-3-7-12(11)21-22(17,18)13(7)8(6)4-14/h3,10,12,15-16H,1,4-9H2,2H3;3,7-8,11-12H,1,4-6H2,2H3;3,6-7,10-13H,1,4-5H2,2H3;2,7-8,11-12H,1,3-5H2;2,6-8,11-13H,1,3,5H2. The van der Waals surface area contributed by atoms with E-state index in [0.29, 0.717) is 25.7 Å². The highest BCUT2D eigenvalue weighted by atomic mass is 32.2. The summed E-state index contributed by atoms with van der Waals surface area (Å²) in [5, 5.41) is 15.8. The van der Waals surface area contributed by atoms with Crippen LogP contribution >= 0.6 is 0 Å². The Balaban J connectivity index is 0.000000149. The first-order valence-corrected chi connectivity index (χ1v) is 44.3. The van der Waals surface area contributed by atoms with Crippen molar-refractivity contribution in [3.63, 3.8) is 0 Å². The highest BCUT2D eigenvalue weighted by Crippen LogP contribution is 2.71. The van der Waals surface area contributed by atoms with Crippen LogP contribution in [0.3, 0.4) is 0 Å². The molecule has 15 aliphatic rings. The van der Waals surface area contributed by atoms with Gasteiger partial charge in [-0.1, -0.05) is 32.9 Å². The zero-order chi connectivity index (χ0) is 89.7. The molecule has 5 aliphatic heterocycles. The molecule has 50 heteroatoms. The van der Waals surface area contributed by atoms with Crippen molar-refractivity contribution in [3.8, 4) is 12.1 Å². The van der Waals surface area contributed by atoms with E-state index in [-0.39, 0.29) is 75.5 Å². The maximum Gasteiger partial charge on any atom is 0.344 e. The van der Waals surface area contributed by atoms with Crippen molar-refractivity contribution in [1.29, 1.82) is 10.5 Å². The highest BCUT2D eigenvalue weighted by molar-refractivity contribution is 7.89. The second-order valence-corrected chi connectivity index (χ2v) is 39.5. The number of methoxy groups -OCH3 is 2. The Labute approximate surface area is 695 Å². The van der Waals surface area contributed by atoms with Crippen LogP contribution in [0.25, 0.3) is 0 Å². The van der Waals surface area contributed by atoms with Crippen molar-refractivity contribution in [1.82, 2.24) is 0 Å². The molecule has 5 heterocycles. The number of carbonyl (C=O) groups is 14. The van der Waals surface area contributed by atoms with E-state index < -0.39 is 294 Å². The molecule has 0 aromatic rings. The van der Waals surface area contributed by atoms with Gasteiger partial charge in [0, 0.05) is 95.5 Å². The Morgan fingerprint density at radius 3 is 1.39 bits per heavy atom. The molecule has 27 atom stereocenters. The Kier molecular flexibility index (Phi) is 26.7. The van der Waals surface area contributed by atoms with E-state index in [2.05, 4.69) is 61.3 Å². The van der Waals surface area contributed by atoms with Crippen LogP contribution in [0, 0.1) is 92.7 Å². The number of nitrogens with zero attached hydrogens (tertiary/aromatic N) is 2. The smallest absolute Gasteiger partial charge is 0.344 e. The number of rotatable bonds is 28. The first-order valence-electron chi connectivity index (χ1n) is 37.1. The second-order valence-electron chi connectivity index (χ2n) is 30.7. The van der Waals surface area contributed by atoms with E-state index in [1.54, 1.807) is 0 Å². The Bertz CT molecular complexity index is 5090. The molecule has 122 heavy (non-hydrogen) atoms. The molecule has 5 saturated heterocycles. The largest absolute Gasteiger partial charge is 0.469 e. The summed E-state index contributed by atoms with van der Waals surface area (Å²) in [5.74, 6) is -15.2. The van der Waals surface area contributed by atoms with Crippen molar-refractivity contribution >= 4 is 135 Å². The molecule has 0 aromatic heterocycles. The third-order valence-corrected chi connectivity index (χ3v) is 34.0. The molecule has 45 nitrogen and oxygen atoms in total. The van der Waals surface area contributed by atoms with Gasteiger partial charge >= 0.3 is 77.6 Å². The first kappa shape index (κ1) is 92.5. The lowest BCUT2D eigenvalue weighted by Crippen LogP contribution is -2.50. The minimum Gasteiger partial charge on any atom is -0.469 e.